The molecule has 150 valence electrons. The molecular formula is C19H13F3N2O4S. The Morgan fingerprint density at radius 3 is 2.76 bits per heavy atom. The van der Waals surface area contributed by atoms with Crippen LogP contribution in [-0.2, 0) is 16.1 Å². The standard InChI is InChI=1S/C19H13F3N2O4S/c1-8-2-3-11-12(4-8)28-13(6-15(25)26)19(27)24(11)7-14-23-17-16(22)9(20)5-10(21)18(17)29-14/h2-5,13H,6-7H2,1H3,(H,25,26). The maximum atomic E-state index is 14.0. The van der Waals surface area contributed by atoms with Gasteiger partial charge in [0.1, 0.15) is 22.1 Å². The van der Waals surface area contributed by atoms with Crippen LogP contribution in [0, 0.1) is 24.4 Å². The second kappa shape index (κ2) is 7.03. The minimum atomic E-state index is -1.35. The van der Waals surface area contributed by atoms with Crippen LogP contribution in [0.25, 0.3) is 10.2 Å². The Morgan fingerprint density at radius 1 is 1.28 bits per heavy atom. The SMILES string of the molecule is Cc1ccc2c(c1)OC(CC(=O)O)C(=O)N2Cc1nc2c(F)c(F)cc(F)c2s1. The number of aryl methyl sites for hydroxylation is 1. The molecule has 1 aliphatic heterocycles. The zero-order chi connectivity index (χ0) is 20.9. The van der Waals surface area contributed by atoms with E-state index in [1.807, 2.05) is 6.92 Å². The van der Waals surface area contributed by atoms with Gasteiger partial charge in [0.2, 0.25) is 0 Å². The molecule has 1 aromatic heterocycles. The van der Waals surface area contributed by atoms with Gasteiger partial charge in [0.05, 0.1) is 23.4 Å². The highest BCUT2D eigenvalue weighted by molar-refractivity contribution is 7.18. The lowest BCUT2D eigenvalue weighted by Crippen LogP contribution is -2.46. The number of ether oxygens (including phenoxy) is 1. The van der Waals surface area contributed by atoms with Gasteiger partial charge in [-0.2, -0.15) is 0 Å². The molecule has 1 N–H and O–H groups in total. The lowest BCUT2D eigenvalue weighted by molar-refractivity contribution is -0.142. The second-order valence-electron chi connectivity index (χ2n) is 6.54. The van der Waals surface area contributed by atoms with Gasteiger partial charge in [-0.3, -0.25) is 14.5 Å². The lowest BCUT2D eigenvalue weighted by atomic mass is 10.1. The predicted octanol–water partition coefficient (Wildman–Crippen LogP) is 3.79. The summed E-state index contributed by atoms with van der Waals surface area (Å²) in [5, 5.41) is 9.23. The summed E-state index contributed by atoms with van der Waals surface area (Å²) in [5.41, 5.74) is 0.773. The third-order valence-electron chi connectivity index (χ3n) is 4.43. The van der Waals surface area contributed by atoms with Crippen LogP contribution in [0.15, 0.2) is 24.3 Å². The monoisotopic (exact) mass is 422 g/mol. The Labute approximate surface area is 166 Å². The highest BCUT2D eigenvalue weighted by Crippen LogP contribution is 2.38. The molecule has 0 bridgehead atoms. The van der Waals surface area contributed by atoms with Gasteiger partial charge in [-0.25, -0.2) is 18.2 Å². The van der Waals surface area contributed by atoms with Crippen molar-refractivity contribution in [3.63, 3.8) is 0 Å². The fraction of sp³-hybridized carbons (Fsp3) is 0.211. The van der Waals surface area contributed by atoms with Crippen molar-refractivity contribution in [2.75, 3.05) is 4.90 Å². The Morgan fingerprint density at radius 2 is 2.03 bits per heavy atom. The number of carboxylic acids is 1. The van der Waals surface area contributed by atoms with Crippen LogP contribution < -0.4 is 9.64 Å². The number of amides is 1. The van der Waals surface area contributed by atoms with Crippen LogP contribution in [0.3, 0.4) is 0 Å². The van der Waals surface area contributed by atoms with E-state index in [1.165, 1.54) is 4.90 Å². The van der Waals surface area contributed by atoms with Gasteiger partial charge in [-0.05, 0) is 24.6 Å². The number of fused-ring (bicyclic) bond motifs is 2. The Hall–Kier alpha value is -3.14. The molecule has 1 aliphatic rings. The first-order valence-electron chi connectivity index (χ1n) is 8.48. The van der Waals surface area contributed by atoms with E-state index in [-0.39, 0.29) is 16.3 Å². The van der Waals surface area contributed by atoms with Gasteiger partial charge in [0.15, 0.2) is 17.7 Å². The van der Waals surface area contributed by atoms with Crippen molar-refractivity contribution < 1.29 is 32.6 Å². The first kappa shape index (κ1) is 19.2. The maximum absolute atomic E-state index is 14.0. The first-order valence-corrected chi connectivity index (χ1v) is 9.29. The number of carboxylic acid groups (broad SMARTS) is 1. The maximum Gasteiger partial charge on any atom is 0.307 e. The van der Waals surface area contributed by atoms with Gasteiger partial charge in [0.25, 0.3) is 5.91 Å². The third-order valence-corrected chi connectivity index (χ3v) is 5.48. The molecule has 1 unspecified atom stereocenters. The average Bonchev–Trinajstić information content (AvgIpc) is 3.07. The Bertz CT molecular complexity index is 1160. The van der Waals surface area contributed by atoms with Gasteiger partial charge in [-0.1, -0.05) is 6.07 Å². The van der Waals surface area contributed by atoms with Crippen LogP contribution in [0.5, 0.6) is 5.75 Å². The minimum absolute atomic E-state index is 0.161. The normalized spacial score (nSPS) is 16.1. The predicted molar refractivity (Wildman–Crippen MR) is 98.5 cm³/mol. The number of aliphatic carboxylic acids is 1. The Balaban J connectivity index is 1.76. The number of aromatic nitrogens is 1. The summed E-state index contributed by atoms with van der Waals surface area (Å²) in [6, 6.07) is 5.48. The fourth-order valence-electron chi connectivity index (χ4n) is 3.12. The number of benzene rings is 2. The minimum Gasteiger partial charge on any atom is -0.481 e. The summed E-state index contributed by atoms with van der Waals surface area (Å²) in [5.74, 6) is -5.07. The number of hydrogen-bond donors (Lipinski definition) is 1. The molecule has 4 rings (SSSR count). The van der Waals surface area contributed by atoms with E-state index in [1.54, 1.807) is 18.2 Å². The van der Waals surface area contributed by atoms with E-state index in [0.717, 1.165) is 16.9 Å². The van der Waals surface area contributed by atoms with E-state index >= 15 is 0 Å². The average molecular weight is 422 g/mol. The smallest absolute Gasteiger partial charge is 0.307 e. The highest BCUT2D eigenvalue weighted by atomic mass is 32.1. The molecule has 29 heavy (non-hydrogen) atoms. The zero-order valence-electron chi connectivity index (χ0n) is 14.9. The quantitative estimate of drug-likeness (QED) is 0.647. The zero-order valence-corrected chi connectivity index (χ0v) is 15.7. The van der Waals surface area contributed by atoms with E-state index in [2.05, 4.69) is 4.98 Å². The van der Waals surface area contributed by atoms with Crippen molar-refractivity contribution in [2.45, 2.75) is 26.0 Å². The molecule has 0 radical (unpaired) electrons. The van der Waals surface area contributed by atoms with Crippen molar-refractivity contribution in [2.24, 2.45) is 0 Å². The number of carbonyl (C=O) groups is 2. The molecule has 0 fully saturated rings. The van der Waals surface area contributed by atoms with E-state index in [0.29, 0.717) is 17.5 Å². The topological polar surface area (TPSA) is 79.7 Å². The lowest BCUT2D eigenvalue weighted by Gasteiger charge is -2.33. The molecule has 1 atom stereocenters. The number of anilines is 1. The number of halogens is 3. The molecule has 1 amide bonds. The largest absolute Gasteiger partial charge is 0.481 e. The van der Waals surface area contributed by atoms with E-state index in [4.69, 9.17) is 9.84 Å². The van der Waals surface area contributed by atoms with Crippen LogP contribution in [0.1, 0.15) is 17.0 Å². The fourth-order valence-corrected chi connectivity index (χ4v) is 4.07. The summed E-state index contributed by atoms with van der Waals surface area (Å²) in [6.07, 6.45) is -1.79. The summed E-state index contributed by atoms with van der Waals surface area (Å²) < 4.78 is 46.8. The summed E-state index contributed by atoms with van der Waals surface area (Å²) in [6.45, 7) is 1.64. The molecule has 6 nitrogen and oxygen atoms in total. The number of hydrogen-bond acceptors (Lipinski definition) is 5. The number of rotatable bonds is 4. The first-order chi connectivity index (χ1) is 13.7. The van der Waals surface area contributed by atoms with E-state index in [9.17, 15) is 22.8 Å². The highest BCUT2D eigenvalue weighted by Gasteiger charge is 2.36. The van der Waals surface area contributed by atoms with Gasteiger partial charge < -0.3 is 9.84 Å². The van der Waals surface area contributed by atoms with Crippen LogP contribution >= 0.6 is 11.3 Å². The van der Waals surface area contributed by atoms with Crippen LogP contribution in [-0.4, -0.2) is 28.1 Å². The van der Waals surface area contributed by atoms with Crippen molar-refractivity contribution >= 4 is 39.1 Å². The summed E-state index contributed by atoms with van der Waals surface area (Å²) in [7, 11) is 0. The number of carbonyl (C=O) groups excluding carboxylic acids is 1. The molecule has 0 saturated carbocycles. The molecule has 2 heterocycles. The van der Waals surface area contributed by atoms with Crippen molar-refractivity contribution in [1.29, 1.82) is 0 Å². The van der Waals surface area contributed by atoms with Crippen molar-refractivity contribution in [1.82, 2.24) is 4.98 Å². The molecule has 0 spiro atoms. The molecule has 0 aliphatic carbocycles. The van der Waals surface area contributed by atoms with Gasteiger partial charge in [0, 0.05) is 6.07 Å². The van der Waals surface area contributed by atoms with E-state index < -0.39 is 47.4 Å². The third kappa shape index (κ3) is 3.39. The summed E-state index contributed by atoms with van der Waals surface area (Å²) >= 11 is 0.792. The number of nitrogens with zero attached hydrogens (tertiary/aromatic N) is 2. The molecular weight excluding hydrogens is 409 g/mol. The molecule has 2 aromatic carbocycles. The molecule has 10 heteroatoms. The summed E-state index contributed by atoms with van der Waals surface area (Å²) in [4.78, 5) is 29.1. The van der Waals surface area contributed by atoms with Gasteiger partial charge in [-0.15, -0.1) is 11.3 Å². The van der Waals surface area contributed by atoms with Crippen molar-refractivity contribution in [3.8, 4) is 5.75 Å². The Kier molecular flexibility index (Phi) is 4.65. The van der Waals surface area contributed by atoms with Gasteiger partial charge >= 0.3 is 5.97 Å². The molecule has 0 saturated heterocycles. The van der Waals surface area contributed by atoms with Crippen molar-refractivity contribution in [3.05, 3.63) is 52.3 Å². The molecule has 3 aromatic rings. The van der Waals surface area contributed by atoms with Crippen LogP contribution in [0.4, 0.5) is 18.9 Å². The van der Waals surface area contributed by atoms with Crippen LogP contribution in [0.2, 0.25) is 0 Å². The number of thiazole rings is 1. The second-order valence-corrected chi connectivity index (χ2v) is 7.62.